The molecule has 0 spiro atoms. The van der Waals surface area contributed by atoms with Crippen LogP contribution in [-0.2, 0) is 0 Å². The second-order valence-electron chi connectivity index (χ2n) is 3.02. The van der Waals surface area contributed by atoms with Crippen LogP contribution in [0.5, 0.6) is 5.75 Å². The third-order valence-corrected chi connectivity index (χ3v) is 1.91. The van der Waals surface area contributed by atoms with Crippen LogP contribution in [0.3, 0.4) is 0 Å². The summed E-state index contributed by atoms with van der Waals surface area (Å²) in [7, 11) is 0. The molecule has 0 aliphatic rings. The molecule has 3 N–H and O–H groups in total. The normalized spacial score (nSPS) is 13.5. The molecule has 0 bridgehead atoms. The van der Waals surface area contributed by atoms with Crippen molar-refractivity contribution in [2.24, 2.45) is 5.73 Å². The Kier molecular flexibility index (Phi) is 3.04. The first-order chi connectivity index (χ1) is 7.23. The Morgan fingerprint density at radius 3 is 2.38 bits per heavy atom. The van der Waals surface area contributed by atoms with Crippen LogP contribution in [0.15, 0.2) is 18.2 Å². The van der Waals surface area contributed by atoms with Gasteiger partial charge in [-0.3, -0.25) is 10.1 Å². The zero-order valence-electron chi connectivity index (χ0n) is 7.73. The molecule has 0 radical (unpaired) electrons. The van der Waals surface area contributed by atoms with E-state index in [1.807, 2.05) is 0 Å². The number of alkyl halides is 3. The lowest BCUT2D eigenvalue weighted by Crippen LogP contribution is -2.28. The molecule has 88 valence electrons. The van der Waals surface area contributed by atoms with Gasteiger partial charge in [0.1, 0.15) is 6.04 Å². The number of aromatic hydroxyl groups is 1. The van der Waals surface area contributed by atoms with Crippen LogP contribution in [0.25, 0.3) is 0 Å². The zero-order valence-corrected chi connectivity index (χ0v) is 7.73. The van der Waals surface area contributed by atoms with Gasteiger partial charge < -0.3 is 10.8 Å². The molecule has 0 fully saturated rings. The summed E-state index contributed by atoms with van der Waals surface area (Å²) in [5.74, 6) is -0.845. The van der Waals surface area contributed by atoms with Gasteiger partial charge in [-0.1, -0.05) is 6.07 Å². The molecule has 16 heavy (non-hydrogen) atoms. The Bertz CT molecular complexity index is 419. The summed E-state index contributed by atoms with van der Waals surface area (Å²) < 4.78 is 36.6. The first kappa shape index (κ1) is 12.2. The van der Waals surface area contributed by atoms with Crippen molar-refractivity contribution in [3.8, 4) is 5.75 Å². The number of halogens is 3. The topological polar surface area (TPSA) is 89.4 Å². The Balaban J connectivity index is 3.11. The van der Waals surface area contributed by atoms with Gasteiger partial charge in [0, 0.05) is 6.07 Å². The van der Waals surface area contributed by atoms with Gasteiger partial charge in [-0.2, -0.15) is 13.2 Å². The monoisotopic (exact) mass is 236 g/mol. The van der Waals surface area contributed by atoms with Crippen molar-refractivity contribution in [2.75, 3.05) is 0 Å². The maximum Gasteiger partial charge on any atom is 0.407 e. The molecule has 0 amide bonds. The van der Waals surface area contributed by atoms with Crippen molar-refractivity contribution in [3.63, 3.8) is 0 Å². The second-order valence-corrected chi connectivity index (χ2v) is 3.02. The lowest BCUT2D eigenvalue weighted by atomic mass is 10.1. The number of rotatable bonds is 2. The summed E-state index contributed by atoms with van der Waals surface area (Å²) >= 11 is 0. The fourth-order valence-corrected chi connectivity index (χ4v) is 1.08. The van der Waals surface area contributed by atoms with E-state index in [0.717, 1.165) is 12.1 Å². The Morgan fingerprint density at radius 1 is 1.44 bits per heavy atom. The van der Waals surface area contributed by atoms with Crippen molar-refractivity contribution in [2.45, 2.75) is 12.2 Å². The van der Waals surface area contributed by atoms with Crippen molar-refractivity contribution in [3.05, 3.63) is 33.9 Å². The largest absolute Gasteiger partial charge is 0.502 e. The molecular weight excluding hydrogens is 229 g/mol. The van der Waals surface area contributed by atoms with E-state index in [4.69, 9.17) is 10.8 Å². The number of phenolic OH excluding ortho intramolecular Hbond substituents is 1. The second kappa shape index (κ2) is 3.97. The number of phenols is 1. The van der Waals surface area contributed by atoms with E-state index in [2.05, 4.69) is 0 Å². The van der Waals surface area contributed by atoms with Gasteiger partial charge in [0.25, 0.3) is 0 Å². The predicted molar refractivity (Wildman–Crippen MR) is 47.7 cm³/mol. The average molecular weight is 236 g/mol. The molecule has 1 atom stereocenters. The molecular formula is C8H7F3N2O3. The molecule has 1 aromatic carbocycles. The van der Waals surface area contributed by atoms with E-state index in [9.17, 15) is 23.3 Å². The van der Waals surface area contributed by atoms with Crippen molar-refractivity contribution in [1.29, 1.82) is 0 Å². The zero-order chi connectivity index (χ0) is 12.5. The minimum atomic E-state index is -4.66. The number of benzene rings is 1. The van der Waals surface area contributed by atoms with Gasteiger partial charge in [-0.15, -0.1) is 0 Å². The molecule has 0 aromatic heterocycles. The summed E-state index contributed by atoms with van der Waals surface area (Å²) in [5.41, 5.74) is 3.76. The fraction of sp³-hybridized carbons (Fsp3) is 0.250. The molecule has 0 saturated carbocycles. The van der Waals surface area contributed by atoms with E-state index in [-0.39, 0.29) is 0 Å². The minimum absolute atomic E-state index is 0.435. The van der Waals surface area contributed by atoms with Crippen LogP contribution in [0.4, 0.5) is 18.9 Å². The van der Waals surface area contributed by atoms with E-state index >= 15 is 0 Å². The number of nitro benzene ring substituents is 1. The summed E-state index contributed by atoms with van der Waals surface area (Å²) in [4.78, 5) is 9.39. The highest BCUT2D eigenvalue weighted by atomic mass is 19.4. The van der Waals surface area contributed by atoms with Crippen LogP contribution in [-0.4, -0.2) is 16.2 Å². The van der Waals surface area contributed by atoms with E-state index in [0.29, 0.717) is 6.07 Å². The maximum absolute atomic E-state index is 12.2. The standard InChI is InChI=1S/C8H7F3N2O3/c9-8(10,11)7(12)4-1-2-5(13(15)16)6(14)3-4/h1-3,7,14H,12H2/t7-/m1/s1. The highest BCUT2D eigenvalue weighted by Gasteiger charge is 2.38. The predicted octanol–water partition coefficient (Wildman–Crippen LogP) is 1.86. The van der Waals surface area contributed by atoms with Gasteiger partial charge in [0.15, 0.2) is 5.75 Å². The Labute approximate surface area is 87.4 Å². The van der Waals surface area contributed by atoms with E-state index in [1.54, 1.807) is 0 Å². The summed E-state index contributed by atoms with van der Waals surface area (Å²) in [5, 5.41) is 19.4. The lowest BCUT2D eigenvalue weighted by Gasteiger charge is -2.15. The molecule has 1 aromatic rings. The van der Waals surface area contributed by atoms with Crippen LogP contribution in [0, 0.1) is 10.1 Å². The molecule has 0 saturated heterocycles. The Hall–Kier alpha value is -1.83. The highest BCUT2D eigenvalue weighted by molar-refractivity contribution is 5.48. The van der Waals surface area contributed by atoms with E-state index < -0.39 is 34.1 Å². The van der Waals surface area contributed by atoms with Crippen LogP contribution in [0.1, 0.15) is 11.6 Å². The fourth-order valence-electron chi connectivity index (χ4n) is 1.08. The molecule has 5 nitrogen and oxygen atoms in total. The molecule has 0 unspecified atom stereocenters. The first-order valence-electron chi connectivity index (χ1n) is 4.03. The first-order valence-corrected chi connectivity index (χ1v) is 4.03. The van der Waals surface area contributed by atoms with Crippen molar-refractivity contribution >= 4 is 5.69 Å². The highest BCUT2D eigenvalue weighted by Crippen LogP contribution is 2.34. The van der Waals surface area contributed by atoms with Crippen LogP contribution in [0.2, 0.25) is 0 Å². The van der Waals surface area contributed by atoms with Gasteiger partial charge >= 0.3 is 11.9 Å². The molecule has 0 heterocycles. The van der Waals surface area contributed by atoms with Crippen molar-refractivity contribution in [1.82, 2.24) is 0 Å². The van der Waals surface area contributed by atoms with Gasteiger partial charge in [0.05, 0.1) is 4.92 Å². The average Bonchev–Trinajstić information content (AvgIpc) is 2.14. The van der Waals surface area contributed by atoms with Gasteiger partial charge in [0.2, 0.25) is 0 Å². The van der Waals surface area contributed by atoms with Gasteiger partial charge in [-0.05, 0) is 11.6 Å². The minimum Gasteiger partial charge on any atom is -0.502 e. The van der Waals surface area contributed by atoms with Crippen LogP contribution >= 0.6 is 0 Å². The summed E-state index contributed by atoms with van der Waals surface area (Å²) in [6, 6.07) is -0.0121. The lowest BCUT2D eigenvalue weighted by molar-refractivity contribution is -0.385. The number of hydrogen-bond acceptors (Lipinski definition) is 4. The molecule has 0 aliphatic carbocycles. The third-order valence-electron chi connectivity index (χ3n) is 1.91. The molecule has 1 rings (SSSR count). The van der Waals surface area contributed by atoms with Gasteiger partial charge in [-0.25, -0.2) is 0 Å². The maximum atomic E-state index is 12.2. The number of nitrogens with two attached hydrogens (primary N) is 1. The Morgan fingerprint density at radius 2 is 2.00 bits per heavy atom. The van der Waals surface area contributed by atoms with E-state index in [1.165, 1.54) is 0 Å². The summed E-state index contributed by atoms with van der Waals surface area (Å²) in [6.45, 7) is 0. The molecule has 0 aliphatic heterocycles. The number of nitro groups is 1. The quantitative estimate of drug-likeness (QED) is 0.605. The smallest absolute Gasteiger partial charge is 0.407 e. The molecule has 8 heteroatoms. The number of hydrogen-bond donors (Lipinski definition) is 2. The summed E-state index contributed by atoms with van der Waals surface area (Å²) in [6.07, 6.45) is -4.66. The number of nitrogens with zero attached hydrogens (tertiary/aromatic N) is 1. The van der Waals surface area contributed by atoms with Crippen LogP contribution < -0.4 is 5.73 Å². The third kappa shape index (κ3) is 2.40. The SMILES string of the molecule is N[C@H](c1ccc([N+](=O)[O-])c(O)c1)C(F)(F)F. The van der Waals surface area contributed by atoms with Crippen molar-refractivity contribution < 1.29 is 23.2 Å².